The molecule has 0 aromatic heterocycles. The molecular formula is C28H23BrO3. The summed E-state index contributed by atoms with van der Waals surface area (Å²) in [6, 6.07) is 31.3. The van der Waals surface area contributed by atoms with Crippen molar-refractivity contribution in [2.45, 2.75) is 13.5 Å². The Labute approximate surface area is 196 Å². The highest BCUT2D eigenvalue weighted by molar-refractivity contribution is 9.10. The van der Waals surface area contributed by atoms with E-state index in [1.807, 2.05) is 78.9 Å². The van der Waals surface area contributed by atoms with Crippen LogP contribution in [0.2, 0.25) is 0 Å². The van der Waals surface area contributed by atoms with Gasteiger partial charge in [0.15, 0.2) is 23.9 Å². The van der Waals surface area contributed by atoms with Crippen molar-refractivity contribution in [3.05, 3.63) is 118 Å². The van der Waals surface area contributed by atoms with Crippen molar-refractivity contribution in [3.8, 4) is 22.6 Å². The highest BCUT2D eigenvalue weighted by Crippen LogP contribution is 2.31. The number of ether oxygens (including phenoxy) is 2. The van der Waals surface area contributed by atoms with E-state index in [-0.39, 0.29) is 12.4 Å². The van der Waals surface area contributed by atoms with E-state index in [1.54, 1.807) is 6.07 Å². The van der Waals surface area contributed by atoms with E-state index >= 15 is 0 Å². The van der Waals surface area contributed by atoms with Gasteiger partial charge in [0.1, 0.15) is 6.61 Å². The second-order valence-electron chi connectivity index (χ2n) is 7.53. The van der Waals surface area contributed by atoms with Gasteiger partial charge < -0.3 is 9.47 Å². The average molecular weight is 487 g/mol. The first-order valence-electron chi connectivity index (χ1n) is 10.4. The van der Waals surface area contributed by atoms with Crippen molar-refractivity contribution in [2.24, 2.45) is 0 Å². The molecule has 0 aliphatic heterocycles. The molecule has 0 radical (unpaired) electrons. The molecule has 4 heteroatoms. The zero-order chi connectivity index (χ0) is 22.3. The van der Waals surface area contributed by atoms with Crippen LogP contribution in [-0.4, -0.2) is 12.4 Å². The summed E-state index contributed by atoms with van der Waals surface area (Å²) in [5.74, 6) is 1.04. The Hall–Kier alpha value is -3.37. The summed E-state index contributed by atoms with van der Waals surface area (Å²) >= 11 is 3.47. The van der Waals surface area contributed by atoms with E-state index in [9.17, 15) is 4.79 Å². The third-order valence-electron chi connectivity index (χ3n) is 5.04. The molecule has 0 aliphatic rings. The Morgan fingerprint density at radius 3 is 2.28 bits per heavy atom. The van der Waals surface area contributed by atoms with Gasteiger partial charge in [0.2, 0.25) is 0 Å². The van der Waals surface area contributed by atoms with E-state index in [4.69, 9.17) is 9.47 Å². The molecule has 0 saturated heterocycles. The zero-order valence-electron chi connectivity index (χ0n) is 17.8. The molecule has 0 N–H and O–H groups in total. The molecule has 4 rings (SSSR count). The summed E-state index contributed by atoms with van der Waals surface area (Å²) in [7, 11) is 0. The Kier molecular flexibility index (Phi) is 7.03. The molecule has 4 aromatic carbocycles. The smallest absolute Gasteiger partial charge is 0.200 e. The van der Waals surface area contributed by atoms with Crippen LogP contribution >= 0.6 is 15.9 Å². The van der Waals surface area contributed by atoms with Gasteiger partial charge in [0, 0.05) is 10.0 Å². The van der Waals surface area contributed by atoms with Crippen LogP contribution in [0.15, 0.2) is 102 Å². The summed E-state index contributed by atoms with van der Waals surface area (Å²) in [4.78, 5) is 12.9. The van der Waals surface area contributed by atoms with E-state index in [0.29, 0.717) is 23.7 Å². The lowest BCUT2D eigenvalue weighted by Crippen LogP contribution is -2.12. The molecular weight excluding hydrogens is 464 g/mol. The first-order valence-corrected chi connectivity index (χ1v) is 11.2. The number of hydrogen-bond acceptors (Lipinski definition) is 3. The summed E-state index contributed by atoms with van der Waals surface area (Å²) < 4.78 is 12.7. The van der Waals surface area contributed by atoms with Crippen molar-refractivity contribution in [3.63, 3.8) is 0 Å². The fraction of sp³-hybridized carbons (Fsp3) is 0.107. The van der Waals surface area contributed by atoms with E-state index in [2.05, 4.69) is 35.0 Å². The summed E-state index contributed by atoms with van der Waals surface area (Å²) in [6.07, 6.45) is 0. The SMILES string of the molecule is Cc1cccc(-c2cccc(C(=O)COc3ccc(Br)cc3OCc3ccccc3)c2)c1. The number of rotatable bonds is 8. The minimum atomic E-state index is -0.0866. The maximum atomic E-state index is 12.9. The second-order valence-corrected chi connectivity index (χ2v) is 8.44. The van der Waals surface area contributed by atoms with Gasteiger partial charge in [-0.15, -0.1) is 0 Å². The minimum absolute atomic E-state index is 0.0688. The lowest BCUT2D eigenvalue weighted by molar-refractivity contribution is 0.0918. The fourth-order valence-corrected chi connectivity index (χ4v) is 3.71. The van der Waals surface area contributed by atoms with Crippen LogP contribution in [0.1, 0.15) is 21.5 Å². The number of halogens is 1. The molecule has 0 spiro atoms. The minimum Gasteiger partial charge on any atom is -0.485 e. The van der Waals surface area contributed by atoms with Crippen LogP contribution in [0.4, 0.5) is 0 Å². The van der Waals surface area contributed by atoms with Crippen molar-refractivity contribution < 1.29 is 14.3 Å². The van der Waals surface area contributed by atoms with Gasteiger partial charge in [-0.1, -0.05) is 94.3 Å². The molecule has 32 heavy (non-hydrogen) atoms. The number of benzene rings is 4. The Morgan fingerprint density at radius 2 is 1.50 bits per heavy atom. The predicted molar refractivity (Wildman–Crippen MR) is 131 cm³/mol. The quantitative estimate of drug-likeness (QED) is 0.245. The van der Waals surface area contributed by atoms with Gasteiger partial charge >= 0.3 is 0 Å². The lowest BCUT2D eigenvalue weighted by Gasteiger charge is -2.13. The zero-order valence-corrected chi connectivity index (χ0v) is 19.3. The van der Waals surface area contributed by atoms with Crippen LogP contribution in [-0.2, 0) is 6.61 Å². The van der Waals surface area contributed by atoms with Crippen molar-refractivity contribution in [1.82, 2.24) is 0 Å². The Bertz CT molecular complexity index is 1220. The Balaban J connectivity index is 1.45. The monoisotopic (exact) mass is 486 g/mol. The molecule has 160 valence electrons. The molecule has 3 nitrogen and oxygen atoms in total. The molecule has 0 heterocycles. The topological polar surface area (TPSA) is 35.5 Å². The largest absolute Gasteiger partial charge is 0.485 e. The number of carbonyl (C=O) groups is 1. The van der Waals surface area contributed by atoms with Crippen LogP contribution in [0, 0.1) is 6.92 Å². The molecule has 0 fully saturated rings. The second kappa shape index (κ2) is 10.3. The first kappa shape index (κ1) is 21.8. The third kappa shape index (κ3) is 5.65. The molecule has 0 bridgehead atoms. The normalized spacial score (nSPS) is 10.6. The molecule has 0 saturated carbocycles. The molecule has 0 amide bonds. The van der Waals surface area contributed by atoms with Crippen LogP contribution in [0.5, 0.6) is 11.5 Å². The molecule has 4 aromatic rings. The third-order valence-corrected chi connectivity index (χ3v) is 5.53. The molecule has 0 aliphatic carbocycles. The van der Waals surface area contributed by atoms with Crippen LogP contribution in [0.25, 0.3) is 11.1 Å². The van der Waals surface area contributed by atoms with Gasteiger partial charge in [-0.25, -0.2) is 0 Å². The van der Waals surface area contributed by atoms with Crippen LogP contribution in [0.3, 0.4) is 0 Å². The number of Topliss-reactive ketones (excluding diaryl/α,β-unsaturated/α-hetero) is 1. The maximum Gasteiger partial charge on any atom is 0.200 e. The summed E-state index contributed by atoms with van der Waals surface area (Å²) in [5.41, 5.74) is 4.95. The Morgan fingerprint density at radius 1 is 0.750 bits per heavy atom. The fourth-order valence-electron chi connectivity index (χ4n) is 3.37. The van der Waals surface area contributed by atoms with Gasteiger partial charge in [0.25, 0.3) is 0 Å². The van der Waals surface area contributed by atoms with Crippen molar-refractivity contribution in [1.29, 1.82) is 0 Å². The molecule has 0 atom stereocenters. The summed E-state index contributed by atoms with van der Waals surface area (Å²) in [6.45, 7) is 2.41. The van der Waals surface area contributed by atoms with Crippen molar-refractivity contribution >= 4 is 21.7 Å². The van der Waals surface area contributed by atoms with E-state index in [1.165, 1.54) is 5.56 Å². The van der Waals surface area contributed by atoms with Gasteiger partial charge in [-0.3, -0.25) is 4.79 Å². The lowest BCUT2D eigenvalue weighted by atomic mass is 10.0. The van der Waals surface area contributed by atoms with Gasteiger partial charge in [-0.05, 0) is 47.9 Å². The van der Waals surface area contributed by atoms with E-state index in [0.717, 1.165) is 21.2 Å². The average Bonchev–Trinajstić information content (AvgIpc) is 2.82. The first-order chi connectivity index (χ1) is 15.6. The number of hydrogen-bond donors (Lipinski definition) is 0. The molecule has 0 unspecified atom stereocenters. The van der Waals surface area contributed by atoms with Crippen molar-refractivity contribution in [2.75, 3.05) is 6.61 Å². The maximum absolute atomic E-state index is 12.9. The predicted octanol–water partition coefficient (Wildman–Crippen LogP) is 7.27. The number of carbonyl (C=O) groups excluding carboxylic acids is 1. The highest BCUT2D eigenvalue weighted by atomic mass is 79.9. The summed E-state index contributed by atoms with van der Waals surface area (Å²) in [5, 5.41) is 0. The van der Waals surface area contributed by atoms with Gasteiger partial charge in [-0.2, -0.15) is 0 Å². The number of ketones is 1. The number of aryl methyl sites for hydroxylation is 1. The standard InChI is InChI=1S/C28H23BrO3/c1-20-7-5-10-22(15-20)23-11-6-12-24(16-23)26(30)19-32-27-14-13-25(29)17-28(27)31-18-21-8-3-2-4-9-21/h2-17H,18-19H2,1H3. The highest BCUT2D eigenvalue weighted by Gasteiger charge is 2.12. The van der Waals surface area contributed by atoms with Crippen LogP contribution < -0.4 is 9.47 Å². The van der Waals surface area contributed by atoms with E-state index < -0.39 is 0 Å². The van der Waals surface area contributed by atoms with Gasteiger partial charge in [0.05, 0.1) is 0 Å².